The van der Waals surface area contributed by atoms with Crippen LogP contribution < -0.4 is 0 Å². The van der Waals surface area contributed by atoms with E-state index in [1.807, 2.05) is 46.0 Å². The fraction of sp³-hybridized carbons (Fsp3) is 0.304. The smallest absolute Gasteiger partial charge is 0.317 e. The van der Waals surface area contributed by atoms with E-state index in [-0.39, 0.29) is 12.6 Å². The number of hydrogen-bond donors (Lipinski definition) is 1. The number of hydrogen-bond acceptors (Lipinski definition) is 6. The number of aliphatic carboxylic acids is 1. The van der Waals surface area contributed by atoms with Gasteiger partial charge >= 0.3 is 5.97 Å². The van der Waals surface area contributed by atoms with Crippen LogP contribution in [0.2, 0.25) is 5.15 Å². The summed E-state index contributed by atoms with van der Waals surface area (Å²) in [7, 11) is 0. The molecule has 9 heteroatoms. The Morgan fingerprint density at radius 2 is 2.12 bits per heavy atom. The lowest BCUT2D eigenvalue weighted by atomic mass is 9.94. The quantitative estimate of drug-likeness (QED) is 0.479. The largest absolute Gasteiger partial charge is 0.480 e. The Bertz CT molecular complexity index is 1330. The highest BCUT2D eigenvalue weighted by Gasteiger charge is 2.23. The first-order valence-corrected chi connectivity index (χ1v) is 10.9. The van der Waals surface area contributed by atoms with E-state index in [1.165, 1.54) is 0 Å². The van der Waals surface area contributed by atoms with Gasteiger partial charge in [-0.1, -0.05) is 35.0 Å². The van der Waals surface area contributed by atoms with Crippen molar-refractivity contribution < 1.29 is 14.4 Å². The minimum atomic E-state index is -0.816. The molecule has 0 amide bonds. The van der Waals surface area contributed by atoms with E-state index in [4.69, 9.17) is 21.2 Å². The molecular formula is C23H22ClN5O3. The van der Waals surface area contributed by atoms with Crippen molar-refractivity contribution in [3.63, 3.8) is 0 Å². The molecule has 0 saturated heterocycles. The first kappa shape index (κ1) is 20.7. The third-order valence-electron chi connectivity index (χ3n) is 5.77. The second kappa shape index (κ2) is 8.03. The van der Waals surface area contributed by atoms with Crippen LogP contribution in [0.4, 0.5) is 0 Å². The Kier molecular flexibility index (Phi) is 5.19. The SMILES string of the molecule is CC(C)n1nc(Cl)c2cc(-c3nc(-c4cccc5c4CCN(CC(=O)O)C5)no3)ccc21. The highest BCUT2D eigenvalue weighted by Crippen LogP contribution is 2.33. The molecule has 0 bridgehead atoms. The molecule has 1 aliphatic rings. The van der Waals surface area contributed by atoms with Gasteiger partial charge in [-0.15, -0.1) is 0 Å². The molecule has 1 N–H and O–H groups in total. The van der Waals surface area contributed by atoms with Gasteiger partial charge in [0.05, 0.1) is 12.1 Å². The van der Waals surface area contributed by atoms with Crippen LogP contribution in [-0.2, 0) is 17.8 Å². The summed E-state index contributed by atoms with van der Waals surface area (Å²) in [5.74, 6) is 0.118. The Labute approximate surface area is 189 Å². The maximum Gasteiger partial charge on any atom is 0.317 e. The van der Waals surface area contributed by atoms with E-state index < -0.39 is 5.97 Å². The van der Waals surface area contributed by atoms with Crippen LogP contribution >= 0.6 is 11.6 Å². The Balaban J connectivity index is 1.47. The van der Waals surface area contributed by atoms with Crippen LogP contribution in [0.5, 0.6) is 0 Å². The van der Waals surface area contributed by atoms with Crippen molar-refractivity contribution in [2.75, 3.05) is 13.1 Å². The minimum Gasteiger partial charge on any atom is -0.480 e. The zero-order chi connectivity index (χ0) is 22.4. The predicted octanol–water partition coefficient (Wildman–Crippen LogP) is 4.43. The fourth-order valence-corrected chi connectivity index (χ4v) is 4.52. The molecular weight excluding hydrogens is 430 g/mol. The number of halogens is 1. The van der Waals surface area contributed by atoms with Crippen molar-refractivity contribution in [3.8, 4) is 22.8 Å². The summed E-state index contributed by atoms with van der Waals surface area (Å²) in [5.41, 5.74) is 4.88. The van der Waals surface area contributed by atoms with E-state index in [0.717, 1.165) is 39.6 Å². The average molecular weight is 452 g/mol. The molecule has 164 valence electrons. The van der Waals surface area contributed by atoms with E-state index >= 15 is 0 Å². The van der Waals surface area contributed by atoms with E-state index in [1.54, 1.807) is 0 Å². The molecule has 32 heavy (non-hydrogen) atoms. The van der Waals surface area contributed by atoms with Crippen LogP contribution in [0.15, 0.2) is 40.9 Å². The maximum absolute atomic E-state index is 11.1. The van der Waals surface area contributed by atoms with Gasteiger partial charge in [-0.25, -0.2) is 0 Å². The lowest BCUT2D eigenvalue weighted by Crippen LogP contribution is -2.34. The molecule has 0 unspecified atom stereocenters. The van der Waals surface area contributed by atoms with Gasteiger partial charge < -0.3 is 9.63 Å². The normalized spacial score (nSPS) is 14.2. The summed E-state index contributed by atoms with van der Waals surface area (Å²) in [6, 6.07) is 12.0. The summed E-state index contributed by atoms with van der Waals surface area (Å²) in [5, 5.41) is 19.0. The number of aromatic nitrogens is 4. The first-order chi connectivity index (χ1) is 15.4. The molecule has 0 aliphatic carbocycles. The summed E-state index contributed by atoms with van der Waals surface area (Å²) in [4.78, 5) is 17.6. The zero-order valence-electron chi connectivity index (χ0n) is 17.7. The second-order valence-electron chi connectivity index (χ2n) is 8.28. The van der Waals surface area contributed by atoms with Gasteiger partial charge in [0.25, 0.3) is 5.89 Å². The van der Waals surface area contributed by atoms with Crippen molar-refractivity contribution in [2.45, 2.75) is 32.9 Å². The number of nitrogens with zero attached hydrogens (tertiary/aromatic N) is 5. The molecule has 5 rings (SSSR count). The van der Waals surface area contributed by atoms with Crippen molar-refractivity contribution in [2.24, 2.45) is 0 Å². The Hall–Kier alpha value is -3.23. The summed E-state index contributed by atoms with van der Waals surface area (Å²) >= 11 is 6.37. The zero-order valence-corrected chi connectivity index (χ0v) is 18.5. The van der Waals surface area contributed by atoms with Crippen molar-refractivity contribution in [3.05, 3.63) is 52.7 Å². The summed E-state index contributed by atoms with van der Waals surface area (Å²) < 4.78 is 7.49. The van der Waals surface area contributed by atoms with Gasteiger partial charge in [0.2, 0.25) is 5.82 Å². The molecule has 2 aromatic heterocycles. The number of carboxylic acid groups (broad SMARTS) is 1. The van der Waals surface area contributed by atoms with Gasteiger partial charge in [0.1, 0.15) is 0 Å². The monoisotopic (exact) mass is 451 g/mol. The van der Waals surface area contributed by atoms with Crippen molar-refractivity contribution in [1.29, 1.82) is 0 Å². The molecule has 3 heterocycles. The number of benzene rings is 2. The molecule has 0 spiro atoms. The molecule has 8 nitrogen and oxygen atoms in total. The predicted molar refractivity (Wildman–Crippen MR) is 120 cm³/mol. The maximum atomic E-state index is 11.1. The summed E-state index contributed by atoms with van der Waals surface area (Å²) in [6.45, 7) is 5.42. The Morgan fingerprint density at radius 3 is 2.91 bits per heavy atom. The number of carboxylic acids is 1. The topological polar surface area (TPSA) is 97.3 Å². The lowest BCUT2D eigenvalue weighted by molar-refractivity contribution is -0.138. The van der Waals surface area contributed by atoms with Gasteiger partial charge in [-0.05, 0) is 49.6 Å². The van der Waals surface area contributed by atoms with Gasteiger partial charge in [-0.3, -0.25) is 14.4 Å². The lowest BCUT2D eigenvalue weighted by Gasteiger charge is -2.28. The molecule has 2 aromatic carbocycles. The Morgan fingerprint density at radius 1 is 1.28 bits per heavy atom. The van der Waals surface area contributed by atoms with Crippen molar-refractivity contribution in [1.82, 2.24) is 24.8 Å². The van der Waals surface area contributed by atoms with Gasteiger partial charge in [-0.2, -0.15) is 10.1 Å². The van der Waals surface area contributed by atoms with E-state index in [2.05, 4.69) is 29.1 Å². The third kappa shape index (κ3) is 3.65. The number of carbonyl (C=O) groups is 1. The molecule has 0 atom stereocenters. The van der Waals surface area contributed by atoms with Crippen LogP contribution in [0.3, 0.4) is 0 Å². The van der Waals surface area contributed by atoms with Gasteiger partial charge in [0.15, 0.2) is 5.15 Å². The molecule has 4 aromatic rings. The first-order valence-electron chi connectivity index (χ1n) is 10.5. The highest BCUT2D eigenvalue weighted by molar-refractivity contribution is 6.34. The highest BCUT2D eigenvalue weighted by atomic mass is 35.5. The molecule has 0 radical (unpaired) electrons. The second-order valence-corrected chi connectivity index (χ2v) is 8.64. The van der Waals surface area contributed by atoms with E-state index in [0.29, 0.717) is 30.0 Å². The van der Waals surface area contributed by atoms with Gasteiger partial charge in [0, 0.05) is 35.6 Å². The van der Waals surface area contributed by atoms with Crippen LogP contribution in [0.1, 0.15) is 31.0 Å². The molecule has 0 fully saturated rings. The standard InChI is InChI=1S/C23H22ClN5O3/c1-13(2)29-19-7-6-14(10-18(19)21(24)26-29)23-25-22(27-32-23)17-5-3-4-15-11-28(12-20(30)31)9-8-16(15)17/h3-7,10,13H,8-9,11-12H2,1-2H3,(H,30,31). The van der Waals surface area contributed by atoms with Crippen LogP contribution in [0.25, 0.3) is 33.7 Å². The molecule has 0 saturated carbocycles. The fourth-order valence-electron chi connectivity index (χ4n) is 4.28. The number of fused-ring (bicyclic) bond motifs is 2. The number of rotatable bonds is 5. The van der Waals surface area contributed by atoms with Crippen LogP contribution in [0, 0.1) is 0 Å². The average Bonchev–Trinajstić information content (AvgIpc) is 3.38. The minimum absolute atomic E-state index is 0.0362. The van der Waals surface area contributed by atoms with Crippen LogP contribution in [-0.4, -0.2) is 49.0 Å². The van der Waals surface area contributed by atoms with E-state index in [9.17, 15) is 4.79 Å². The molecule has 1 aliphatic heterocycles. The van der Waals surface area contributed by atoms with Crippen molar-refractivity contribution >= 4 is 28.5 Å². The summed E-state index contributed by atoms with van der Waals surface area (Å²) in [6.07, 6.45) is 0.735. The third-order valence-corrected chi connectivity index (χ3v) is 6.05.